The molecule has 0 radical (unpaired) electrons. The number of benzene rings is 1. The van der Waals surface area contributed by atoms with Crippen LogP contribution in [0.1, 0.15) is 34.1 Å². The molecule has 1 aromatic carbocycles. The lowest BCUT2D eigenvalue weighted by Gasteiger charge is -2.29. The van der Waals surface area contributed by atoms with Gasteiger partial charge in [0.05, 0.1) is 30.2 Å². The molecule has 0 spiro atoms. The van der Waals surface area contributed by atoms with Crippen molar-refractivity contribution in [1.82, 2.24) is 14.8 Å². The number of amides is 1. The van der Waals surface area contributed by atoms with Crippen molar-refractivity contribution in [1.29, 1.82) is 0 Å². The van der Waals surface area contributed by atoms with Gasteiger partial charge in [0.2, 0.25) is 5.76 Å². The maximum atomic E-state index is 13.4. The van der Waals surface area contributed by atoms with Crippen molar-refractivity contribution in [3.05, 3.63) is 74.9 Å². The van der Waals surface area contributed by atoms with Gasteiger partial charge in [-0.15, -0.1) is 0 Å². The highest BCUT2D eigenvalue weighted by atomic mass is 35.5. The first-order chi connectivity index (χ1) is 15.1. The summed E-state index contributed by atoms with van der Waals surface area (Å²) in [6, 6.07) is 8.05. The van der Waals surface area contributed by atoms with Gasteiger partial charge in [-0.2, -0.15) is 0 Å². The fourth-order valence-corrected chi connectivity index (χ4v) is 4.58. The van der Waals surface area contributed by atoms with Crippen LogP contribution in [-0.4, -0.2) is 60.1 Å². The normalized spacial score (nSPS) is 19.2. The van der Waals surface area contributed by atoms with Crippen LogP contribution < -0.4 is 5.43 Å². The van der Waals surface area contributed by atoms with Crippen LogP contribution in [0.25, 0.3) is 11.0 Å². The second kappa shape index (κ2) is 8.42. The van der Waals surface area contributed by atoms with E-state index in [2.05, 4.69) is 9.88 Å². The largest absolute Gasteiger partial charge is 0.450 e. The van der Waals surface area contributed by atoms with Crippen LogP contribution in [0.2, 0.25) is 5.02 Å². The lowest BCUT2D eigenvalue weighted by molar-refractivity contribution is 0.0353. The van der Waals surface area contributed by atoms with Gasteiger partial charge in [0, 0.05) is 43.6 Å². The van der Waals surface area contributed by atoms with E-state index in [-0.39, 0.29) is 17.1 Å². The first-order valence-electron chi connectivity index (χ1n) is 10.4. The predicted molar refractivity (Wildman–Crippen MR) is 116 cm³/mol. The van der Waals surface area contributed by atoms with E-state index in [1.807, 2.05) is 12.1 Å². The Labute approximate surface area is 184 Å². The van der Waals surface area contributed by atoms with Gasteiger partial charge in [-0.05, 0) is 42.3 Å². The standard InChI is InChI=1S/C23H22ClN3O4/c24-16-2-3-18-17(14-16)21(28)19-20(15-4-6-25-7-5-15)27(23(29)22(19)31-18)9-1-8-26-10-12-30-13-11-26/h2-7,14,20H,1,8-13H2. The molecule has 31 heavy (non-hydrogen) atoms. The highest BCUT2D eigenvalue weighted by molar-refractivity contribution is 6.31. The van der Waals surface area contributed by atoms with Gasteiger partial charge in [-0.25, -0.2) is 0 Å². The molecule has 2 aliphatic rings. The lowest BCUT2D eigenvalue weighted by Crippen LogP contribution is -2.38. The average molecular weight is 440 g/mol. The Morgan fingerprint density at radius 2 is 1.84 bits per heavy atom. The second-order valence-electron chi connectivity index (χ2n) is 7.80. The molecule has 7 nitrogen and oxygen atoms in total. The molecular weight excluding hydrogens is 418 g/mol. The third-order valence-corrected chi connectivity index (χ3v) is 6.16. The van der Waals surface area contributed by atoms with Crippen molar-refractivity contribution in [3.8, 4) is 0 Å². The van der Waals surface area contributed by atoms with Crippen molar-refractivity contribution >= 4 is 28.5 Å². The molecule has 0 saturated carbocycles. The number of rotatable bonds is 5. The van der Waals surface area contributed by atoms with Crippen LogP contribution in [0.3, 0.4) is 0 Å². The molecule has 1 saturated heterocycles. The van der Waals surface area contributed by atoms with E-state index < -0.39 is 6.04 Å². The fourth-order valence-electron chi connectivity index (χ4n) is 4.40. The quantitative estimate of drug-likeness (QED) is 0.608. The molecule has 1 atom stereocenters. The highest BCUT2D eigenvalue weighted by Gasteiger charge is 2.42. The number of halogens is 1. The molecule has 2 aromatic heterocycles. The molecule has 8 heteroatoms. The van der Waals surface area contributed by atoms with Crippen LogP contribution in [-0.2, 0) is 4.74 Å². The zero-order valence-electron chi connectivity index (χ0n) is 16.9. The van der Waals surface area contributed by atoms with E-state index in [0.29, 0.717) is 28.1 Å². The van der Waals surface area contributed by atoms with Gasteiger partial charge in [0.15, 0.2) is 5.43 Å². The van der Waals surface area contributed by atoms with Crippen LogP contribution in [0.5, 0.6) is 0 Å². The number of carbonyl (C=O) groups is 1. The van der Waals surface area contributed by atoms with Crippen molar-refractivity contribution < 1.29 is 13.9 Å². The molecule has 5 rings (SSSR count). The van der Waals surface area contributed by atoms with Crippen LogP contribution >= 0.6 is 11.6 Å². The van der Waals surface area contributed by atoms with Crippen LogP contribution in [0, 0.1) is 0 Å². The van der Waals surface area contributed by atoms with E-state index in [1.165, 1.54) is 0 Å². The van der Waals surface area contributed by atoms with E-state index in [4.69, 9.17) is 20.8 Å². The van der Waals surface area contributed by atoms with Crippen LogP contribution in [0.15, 0.2) is 51.9 Å². The van der Waals surface area contributed by atoms with Gasteiger partial charge < -0.3 is 14.1 Å². The summed E-state index contributed by atoms with van der Waals surface area (Å²) in [5.41, 5.74) is 1.36. The number of ether oxygens (including phenoxy) is 1. The number of pyridine rings is 1. The lowest BCUT2D eigenvalue weighted by atomic mass is 9.99. The Kier molecular flexibility index (Phi) is 5.48. The van der Waals surface area contributed by atoms with Crippen molar-refractivity contribution in [2.45, 2.75) is 12.5 Å². The third kappa shape index (κ3) is 3.73. The Morgan fingerprint density at radius 3 is 2.61 bits per heavy atom. The molecule has 160 valence electrons. The number of nitrogens with zero attached hydrogens (tertiary/aromatic N) is 3. The molecule has 4 heterocycles. The Morgan fingerprint density at radius 1 is 1.06 bits per heavy atom. The topological polar surface area (TPSA) is 75.9 Å². The van der Waals surface area contributed by atoms with Gasteiger partial charge >= 0.3 is 0 Å². The summed E-state index contributed by atoms with van der Waals surface area (Å²) in [6.07, 6.45) is 4.13. The average Bonchev–Trinajstić information content (AvgIpc) is 3.08. The highest BCUT2D eigenvalue weighted by Crippen LogP contribution is 2.38. The fraction of sp³-hybridized carbons (Fsp3) is 0.348. The molecular formula is C23H22ClN3O4. The second-order valence-corrected chi connectivity index (χ2v) is 8.24. The first-order valence-corrected chi connectivity index (χ1v) is 10.8. The maximum Gasteiger partial charge on any atom is 0.290 e. The molecule has 2 aliphatic heterocycles. The van der Waals surface area contributed by atoms with E-state index >= 15 is 0 Å². The van der Waals surface area contributed by atoms with Crippen molar-refractivity contribution in [2.75, 3.05) is 39.4 Å². The summed E-state index contributed by atoms with van der Waals surface area (Å²) in [5.74, 6) is -0.138. The number of aromatic nitrogens is 1. The molecule has 3 aromatic rings. The van der Waals surface area contributed by atoms with E-state index in [1.54, 1.807) is 35.5 Å². The van der Waals surface area contributed by atoms with Gasteiger partial charge in [0.25, 0.3) is 5.91 Å². The molecule has 0 N–H and O–H groups in total. The molecule has 0 aliphatic carbocycles. The monoisotopic (exact) mass is 439 g/mol. The minimum Gasteiger partial charge on any atom is -0.450 e. The summed E-state index contributed by atoms with van der Waals surface area (Å²) in [4.78, 5) is 34.9. The zero-order valence-corrected chi connectivity index (χ0v) is 17.7. The van der Waals surface area contributed by atoms with Gasteiger partial charge in [0.1, 0.15) is 5.58 Å². The zero-order chi connectivity index (χ0) is 21.4. The molecule has 0 bridgehead atoms. The molecule has 1 amide bonds. The van der Waals surface area contributed by atoms with E-state index in [0.717, 1.165) is 44.8 Å². The third-order valence-electron chi connectivity index (χ3n) is 5.93. The Balaban J connectivity index is 1.52. The smallest absolute Gasteiger partial charge is 0.290 e. The SMILES string of the molecule is O=C1c2oc3ccc(Cl)cc3c(=O)c2C(c2ccncc2)N1CCCN1CCOCC1. The Hall–Kier alpha value is -2.74. The summed E-state index contributed by atoms with van der Waals surface area (Å²) in [7, 11) is 0. The van der Waals surface area contributed by atoms with Crippen molar-refractivity contribution in [3.63, 3.8) is 0 Å². The number of hydrogen-bond donors (Lipinski definition) is 0. The number of morpholine rings is 1. The first kappa shape index (κ1) is 20.2. The van der Waals surface area contributed by atoms with Crippen molar-refractivity contribution in [2.24, 2.45) is 0 Å². The number of carbonyl (C=O) groups excluding carboxylic acids is 1. The molecule has 1 unspecified atom stereocenters. The summed E-state index contributed by atoms with van der Waals surface area (Å²) < 4.78 is 11.3. The summed E-state index contributed by atoms with van der Waals surface area (Å²) in [5, 5.41) is 0.833. The minimum absolute atomic E-state index is 0.119. The number of hydrogen-bond acceptors (Lipinski definition) is 6. The Bertz CT molecular complexity index is 1170. The van der Waals surface area contributed by atoms with Crippen LogP contribution in [0.4, 0.5) is 0 Å². The summed E-state index contributed by atoms with van der Waals surface area (Å²) in [6.45, 7) is 4.65. The predicted octanol–water partition coefficient (Wildman–Crippen LogP) is 3.11. The van der Waals surface area contributed by atoms with Gasteiger partial charge in [-0.3, -0.25) is 19.5 Å². The molecule has 1 fully saturated rings. The van der Waals surface area contributed by atoms with Gasteiger partial charge in [-0.1, -0.05) is 11.6 Å². The minimum atomic E-state index is -0.505. The maximum absolute atomic E-state index is 13.4. The van der Waals surface area contributed by atoms with E-state index in [9.17, 15) is 9.59 Å². The summed E-state index contributed by atoms with van der Waals surface area (Å²) >= 11 is 6.11. The number of fused-ring (bicyclic) bond motifs is 2.